The van der Waals surface area contributed by atoms with Crippen molar-refractivity contribution in [1.29, 1.82) is 5.26 Å². The van der Waals surface area contributed by atoms with Crippen LogP contribution in [0.25, 0.3) is 0 Å². The number of hydrogen-bond donors (Lipinski definition) is 1. The molecule has 0 saturated carbocycles. The Hall–Kier alpha value is -1.63. The van der Waals surface area contributed by atoms with Crippen LogP contribution in [0, 0.1) is 11.3 Å². The highest BCUT2D eigenvalue weighted by atomic mass is 32.1. The summed E-state index contributed by atoms with van der Waals surface area (Å²) in [6.45, 7) is 1.76. The molecule has 2 rings (SSSR count). The van der Waals surface area contributed by atoms with Crippen molar-refractivity contribution in [2.24, 2.45) is 0 Å². The van der Waals surface area contributed by atoms with Crippen molar-refractivity contribution >= 4 is 11.3 Å². The monoisotopic (exact) mass is 229 g/mol. The van der Waals surface area contributed by atoms with E-state index < -0.39 is 5.60 Å². The average Bonchev–Trinajstić information content (AvgIpc) is 2.83. The summed E-state index contributed by atoms with van der Waals surface area (Å²) in [6.07, 6.45) is 0. The van der Waals surface area contributed by atoms with Gasteiger partial charge in [-0.25, -0.2) is 0 Å². The molecule has 1 aromatic carbocycles. The minimum Gasteiger partial charge on any atom is -0.380 e. The molecule has 80 valence electrons. The fourth-order valence-corrected chi connectivity index (χ4v) is 2.38. The van der Waals surface area contributed by atoms with Crippen LogP contribution in [0.3, 0.4) is 0 Å². The fourth-order valence-electron chi connectivity index (χ4n) is 1.57. The van der Waals surface area contributed by atoms with Crippen LogP contribution in [0.1, 0.15) is 22.9 Å². The zero-order chi connectivity index (χ0) is 11.6. The number of thiophene rings is 1. The molecule has 0 radical (unpaired) electrons. The van der Waals surface area contributed by atoms with E-state index in [-0.39, 0.29) is 0 Å². The van der Waals surface area contributed by atoms with Gasteiger partial charge < -0.3 is 5.11 Å². The lowest BCUT2D eigenvalue weighted by atomic mass is 9.94. The van der Waals surface area contributed by atoms with Crippen LogP contribution in [0.15, 0.2) is 41.8 Å². The Balaban J connectivity index is 2.40. The van der Waals surface area contributed by atoms with E-state index in [1.54, 1.807) is 31.2 Å². The molecule has 0 aliphatic heterocycles. The zero-order valence-electron chi connectivity index (χ0n) is 8.84. The van der Waals surface area contributed by atoms with Gasteiger partial charge in [0.05, 0.1) is 11.6 Å². The van der Waals surface area contributed by atoms with Crippen LogP contribution in [0.2, 0.25) is 0 Å². The van der Waals surface area contributed by atoms with Gasteiger partial charge in [0.2, 0.25) is 0 Å². The van der Waals surface area contributed by atoms with Crippen molar-refractivity contribution in [2.45, 2.75) is 12.5 Å². The molecule has 0 fully saturated rings. The first-order valence-corrected chi connectivity index (χ1v) is 5.79. The Morgan fingerprint density at radius 1 is 1.25 bits per heavy atom. The van der Waals surface area contributed by atoms with Crippen LogP contribution >= 0.6 is 11.3 Å². The Labute approximate surface area is 98.4 Å². The summed E-state index contributed by atoms with van der Waals surface area (Å²) in [5.74, 6) is 0. The maximum absolute atomic E-state index is 10.4. The normalized spacial score (nSPS) is 14.1. The van der Waals surface area contributed by atoms with E-state index in [0.717, 1.165) is 10.4 Å². The molecule has 0 spiro atoms. The smallest absolute Gasteiger partial charge is 0.121 e. The maximum atomic E-state index is 10.4. The highest BCUT2D eigenvalue weighted by Crippen LogP contribution is 2.32. The lowest BCUT2D eigenvalue weighted by Crippen LogP contribution is -2.21. The van der Waals surface area contributed by atoms with Gasteiger partial charge in [-0.1, -0.05) is 18.2 Å². The maximum Gasteiger partial charge on any atom is 0.121 e. The summed E-state index contributed by atoms with van der Waals surface area (Å²) in [5.41, 5.74) is 0.419. The molecule has 0 saturated heterocycles. The average molecular weight is 229 g/mol. The predicted molar refractivity (Wildman–Crippen MR) is 64.1 cm³/mol. The van der Waals surface area contributed by atoms with Crippen molar-refractivity contribution in [3.8, 4) is 6.07 Å². The molecule has 1 unspecified atom stereocenters. The topological polar surface area (TPSA) is 44.0 Å². The Bertz CT molecular complexity index is 506. The summed E-state index contributed by atoms with van der Waals surface area (Å²) < 4.78 is 0. The van der Waals surface area contributed by atoms with E-state index in [9.17, 15) is 5.11 Å². The van der Waals surface area contributed by atoms with E-state index in [1.807, 2.05) is 17.5 Å². The molecular weight excluding hydrogens is 218 g/mol. The quantitative estimate of drug-likeness (QED) is 0.860. The second-order valence-electron chi connectivity index (χ2n) is 3.74. The standard InChI is InChI=1S/C13H11NOS/c1-13(15,12-3-2-8-16-12)11-6-4-10(9-14)5-7-11/h2-8,15H,1H3. The van der Waals surface area contributed by atoms with E-state index in [2.05, 4.69) is 6.07 Å². The van der Waals surface area contributed by atoms with E-state index in [0.29, 0.717) is 5.56 Å². The first-order valence-electron chi connectivity index (χ1n) is 4.91. The van der Waals surface area contributed by atoms with Gasteiger partial charge in [0, 0.05) is 4.88 Å². The van der Waals surface area contributed by atoms with Crippen molar-refractivity contribution in [3.63, 3.8) is 0 Å². The van der Waals surface area contributed by atoms with Crippen molar-refractivity contribution in [2.75, 3.05) is 0 Å². The summed E-state index contributed by atoms with van der Waals surface area (Å²) in [4.78, 5) is 0.900. The molecular formula is C13H11NOS. The largest absolute Gasteiger partial charge is 0.380 e. The molecule has 1 heterocycles. The van der Waals surface area contributed by atoms with Gasteiger partial charge in [0.25, 0.3) is 0 Å². The van der Waals surface area contributed by atoms with Gasteiger partial charge in [-0.05, 0) is 36.1 Å². The summed E-state index contributed by atoms with van der Waals surface area (Å²) in [7, 11) is 0. The third-order valence-corrected chi connectivity index (χ3v) is 3.66. The number of aliphatic hydroxyl groups is 1. The second kappa shape index (κ2) is 4.09. The molecule has 16 heavy (non-hydrogen) atoms. The van der Waals surface area contributed by atoms with E-state index in [4.69, 9.17) is 5.26 Å². The zero-order valence-corrected chi connectivity index (χ0v) is 9.66. The highest BCUT2D eigenvalue weighted by molar-refractivity contribution is 7.10. The van der Waals surface area contributed by atoms with Crippen LogP contribution in [0.4, 0.5) is 0 Å². The van der Waals surface area contributed by atoms with Crippen LogP contribution < -0.4 is 0 Å². The van der Waals surface area contributed by atoms with Crippen molar-refractivity contribution in [1.82, 2.24) is 0 Å². The Morgan fingerprint density at radius 3 is 2.44 bits per heavy atom. The summed E-state index contributed by atoms with van der Waals surface area (Å²) >= 11 is 1.52. The first kappa shape index (κ1) is 10.9. The number of rotatable bonds is 2. The third-order valence-electron chi connectivity index (χ3n) is 2.58. The Kier molecular flexibility index (Phi) is 2.78. The van der Waals surface area contributed by atoms with Crippen LogP contribution in [-0.2, 0) is 5.60 Å². The fraction of sp³-hybridized carbons (Fsp3) is 0.154. The summed E-state index contributed by atoms with van der Waals surface area (Å²) in [5, 5.41) is 21.1. The van der Waals surface area contributed by atoms with E-state index in [1.165, 1.54) is 11.3 Å². The molecule has 0 aliphatic carbocycles. The molecule has 0 aliphatic rings. The molecule has 2 aromatic rings. The lowest BCUT2D eigenvalue weighted by Gasteiger charge is -2.22. The van der Waals surface area contributed by atoms with Gasteiger partial charge in [-0.15, -0.1) is 11.3 Å². The van der Waals surface area contributed by atoms with Gasteiger partial charge in [0.15, 0.2) is 0 Å². The minimum atomic E-state index is -0.984. The van der Waals surface area contributed by atoms with E-state index >= 15 is 0 Å². The van der Waals surface area contributed by atoms with Gasteiger partial charge in [0.1, 0.15) is 5.60 Å². The number of benzene rings is 1. The number of hydrogen-bond acceptors (Lipinski definition) is 3. The van der Waals surface area contributed by atoms with Gasteiger partial charge >= 0.3 is 0 Å². The second-order valence-corrected chi connectivity index (χ2v) is 4.69. The predicted octanol–water partition coefficient (Wildman–Crippen LogP) is 2.88. The number of nitriles is 1. The minimum absolute atomic E-state index is 0.603. The molecule has 0 bridgehead atoms. The molecule has 1 atom stereocenters. The molecule has 0 amide bonds. The SMILES string of the molecule is CC(O)(c1ccc(C#N)cc1)c1cccs1. The highest BCUT2D eigenvalue weighted by Gasteiger charge is 2.26. The van der Waals surface area contributed by atoms with Crippen molar-refractivity contribution in [3.05, 3.63) is 57.8 Å². The number of nitrogens with zero attached hydrogens (tertiary/aromatic N) is 1. The lowest BCUT2D eigenvalue weighted by molar-refractivity contribution is 0.106. The third kappa shape index (κ3) is 1.85. The first-order chi connectivity index (χ1) is 7.64. The van der Waals surface area contributed by atoms with Crippen molar-refractivity contribution < 1.29 is 5.11 Å². The summed E-state index contributed by atoms with van der Waals surface area (Å²) in [6, 6.07) is 12.9. The van der Waals surface area contributed by atoms with Crippen LogP contribution in [-0.4, -0.2) is 5.11 Å². The molecule has 1 N–H and O–H groups in total. The molecule has 1 aromatic heterocycles. The Morgan fingerprint density at radius 2 is 1.94 bits per heavy atom. The molecule has 2 nitrogen and oxygen atoms in total. The van der Waals surface area contributed by atoms with Crippen LogP contribution in [0.5, 0.6) is 0 Å². The molecule has 3 heteroatoms. The van der Waals surface area contributed by atoms with Gasteiger partial charge in [-0.2, -0.15) is 5.26 Å². The van der Waals surface area contributed by atoms with Gasteiger partial charge in [-0.3, -0.25) is 0 Å².